The van der Waals surface area contributed by atoms with Crippen molar-refractivity contribution in [1.29, 1.82) is 0 Å². The Kier molecular flexibility index (Phi) is 5.60. The Morgan fingerprint density at radius 1 is 1.43 bits per heavy atom. The summed E-state index contributed by atoms with van der Waals surface area (Å²) in [5, 5.41) is 17.3. The van der Waals surface area contributed by atoms with Crippen LogP contribution in [0.3, 0.4) is 0 Å². The van der Waals surface area contributed by atoms with Crippen LogP contribution < -0.4 is 0 Å². The summed E-state index contributed by atoms with van der Waals surface area (Å²) in [6.45, 7) is 5.24. The molecule has 0 rings (SSSR count). The van der Waals surface area contributed by atoms with Crippen molar-refractivity contribution < 1.29 is 19.8 Å². The number of hydrogen-bond acceptors (Lipinski definition) is 2. The van der Waals surface area contributed by atoms with Crippen molar-refractivity contribution in [3.63, 3.8) is 0 Å². The van der Waals surface area contributed by atoms with Crippen LogP contribution in [0.4, 0.5) is 0 Å². The largest absolute Gasteiger partial charge is 0.481 e. The van der Waals surface area contributed by atoms with Gasteiger partial charge in [0.05, 0.1) is 5.92 Å². The molecule has 0 heterocycles. The first-order chi connectivity index (χ1) is 6.49. The lowest BCUT2D eigenvalue weighted by Gasteiger charge is -2.17. The molecule has 0 aromatic rings. The van der Waals surface area contributed by atoms with E-state index in [9.17, 15) is 9.59 Å². The Hall–Kier alpha value is -1.32. The van der Waals surface area contributed by atoms with Gasteiger partial charge in [0.1, 0.15) is 0 Å². The highest BCUT2D eigenvalue weighted by Gasteiger charge is 2.23. The molecule has 2 N–H and O–H groups in total. The van der Waals surface area contributed by atoms with Crippen LogP contribution in [0.1, 0.15) is 26.2 Å². The molecule has 0 aromatic heterocycles. The first-order valence-corrected chi connectivity index (χ1v) is 4.54. The van der Waals surface area contributed by atoms with Crippen LogP contribution in [0, 0.1) is 11.8 Å². The molecule has 0 bridgehead atoms. The van der Waals surface area contributed by atoms with Gasteiger partial charge in [0.15, 0.2) is 0 Å². The lowest BCUT2D eigenvalue weighted by atomic mass is 9.87. The number of hydrogen-bond donors (Lipinski definition) is 2. The summed E-state index contributed by atoms with van der Waals surface area (Å²) in [5.41, 5.74) is 0. The first-order valence-electron chi connectivity index (χ1n) is 4.54. The van der Waals surface area contributed by atoms with E-state index < -0.39 is 17.9 Å². The minimum Gasteiger partial charge on any atom is -0.481 e. The van der Waals surface area contributed by atoms with Gasteiger partial charge in [-0.3, -0.25) is 9.59 Å². The zero-order valence-corrected chi connectivity index (χ0v) is 8.27. The molecular formula is C10H16O4. The van der Waals surface area contributed by atoms with E-state index in [2.05, 4.69) is 6.58 Å². The quantitative estimate of drug-likeness (QED) is 0.614. The van der Waals surface area contributed by atoms with Gasteiger partial charge in [0, 0.05) is 6.42 Å². The van der Waals surface area contributed by atoms with Crippen LogP contribution in [0.5, 0.6) is 0 Å². The Morgan fingerprint density at radius 3 is 2.36 bits per heavy atom. The third-order valence-electron chi connectivity index (χ3n) is 2.24. The van der Waals surface area contributed by atoms with Gasteiger partial charge in [0.25, 0.3) is 0 Å². The van der Waals surface area contributed by atoms with Crippen molar-refractivity contribution in [3.8, 4) is 0 Å². The average Bonchev–Trinajstić information content (AvgIpc) is 2.09. The standard InChI is InChI=1S/C10H16O4/c1-3-4-8(10(13)14)7(2)5-6-9(11)12/h3,7-8H,1,4-6H2,2H3,(H,11,12)(H,13,14). The lowest BCUT2D eigenvalue weighted by Crippen LogP contribution is -2.21. The fraction of sp³-hybridized carbons (Fsp3) is 0.600. The summed E-state index contributed by atoms with van der Waals surface area (Å²) >= 11 is 0. The molecule has 0 radical (unpaired) electrons. The summed E-state index contributed by atoms with van der Waals surface area (Å²) in [6.07, 6.45) is 2.34. The summed E-state index contributed by atoms with van der Waals surface area (Å²) in [4.78, 5) is 21.1. The van der Waals surface area contributed by atoms with Gasteiger partial charge in [-0.1, -0.05) is 13.0 Å². The van der Waals surface area contributed by atoms with Gasteiger partial charge in [-0.2, -0.15) is 0 Å². The maximum absolute atomic E-state index is 10.8. The van der Waals surface area contributed by atoms with Gasteiger partial charge >= 0.3 is 11.9 Å². The molecule has 0 saturated heterocycles. The molecule has 14 heavy (non-hydrogen) atoms. The Balaban J connectivity index is 4.14. The maximum Gasteiger partial charge on any atom is 0.307 e. The fourth-order valence-electron chi connectivity index (χ4n) is 1.31. The summed E-state index contributed by atoms with van der Waals surface area (Å²) in [5.74, 6) is -2.43. The number of rotatable bonds is 7. The molecule has 2 unspecified atom stereocenters. The monoisotopic (exact) mass is 200 g/mol. The van der Waals surface area contributed by atoms with Crippen LogP contribution in [0.15, 0.2) is 12.7 Å². The highest BCUT2D eigenvalue weighted by atomic mass is 16.4. The van der Waals surface area contributed by atoms with Gasteiger partial charge in [-0.05, 0) is 18.8 Å². The molecule has 80 valence electrons. The molecule has 4 heteroatoms. The van der Waals surface area contributed by atoms with Gasteiger partial charge in [0.2, 0.25) is 0 Å². The van der Waals surface area contributed by atoms with Crippen LogP contribution in [-0.2, 0) is 9.59 Å². The zero-order chi connectivity index (χ0) is 11.1. The molecule has 0 aliphatic carbocycles. The normalized spacial score (nSPS) is 14.4. The summed E-state index contributed by atoms with van der Waals surface area (Å²) in [6, 6.07) is 0. The maximum atomic E-state index is 10.8. The van der Waals surface area contributed by atoms with Gasteiger partial charge in [-0.15, -0.1) is 6.58 Å². The molecule has 0 aliphatic heterocycles. The van der Waals surface area contributed by atoms with Crippen molar-refractivity contribution in [2.75, 3.05) is 0 Å². The average molecular weight is 200 g/mol. The van der Waals surface area contributed by atoms with Crippen LogP contribution in [0.25, 0.3) is 0 Å². The number of aliphatic carboxylic acids is 2. The van der Waals surface area contributed by atoms with E-state index in [1.807, 2.05) is 0 Å². The van der Waals surface area contributed by atoms with Gasteiger partial charge < -0.3 is 10.2 Å². The number of carbonyl (C=O) groups is 2. The van der Waals surface area contributed by atoms with E-state index in [0.29, 0.717) is 12.8 Å². The van der Waals surface area contributed by atoms with E-state index in [4.69, 9.17) is 10.2 Å². The predicted octanol–water partition coefficient (Wildman–Crippen LogP) is 1.76. The second-order valence-corrected chi connectivity index (χ2v) is 3.38. The Morgan fingerprint density at radius 2 is 2.00 bits per heavy atom. The first kappa shape index (κ1) is 12.7. The SMILES string of the molecule is C=CCC(C(=O)O)C(C)CCC(=O)O. The van der Waals surface area contributed by atoms with Crippen molar-refractivity contribution in [1.82, 2.24) is 0 Å². The number of allylic oxidation sites excluding steroid dienone is 1. The zero-order valence-electron chi connectivity index (χ0n) is 8.27. The molecule has 0 aromatic carbocycles. The molecule has 0 spiro atoms. The van der Waals surface area contributed by atoms with Crippen molar-refractivity contribution >= 4 is 11.9 Å². The number of carboxylic acid groups (broad SMARTS) is 2. The molecule has 0 amide bonds. The van der Waals surface area contributed by atoms with E-state index in [1.54, 1.807) is 13.0 Å². The molecular weight excluding hydrogens is 184 g/mol. The molecule has 0 saturated carbocycles. The molecule has 4 nitrogen and oxygen atoms in total. The Labute approximate surface area is 83.2 Å². The minimum atomic E-state index is -0.889. The third-order valence-corrected chi connectivity index (χ3v) is 2.24. The van der Waals surface area contributed by atoms with E-state index >= 15 is 0 Å². The van der Waals surface area contributed by atoms with E-state index in [0.717, 1.165) is 0 Å². The summed E-state index contributed by atoms with van der Waals surface area (Å²) < 4.78 is 0. The molecule has 0 fully saturated rings. The van der Waals surface area contributed by atoms with Crippen molar-refractivity contribution in [2.24, 2.45) is 11.8 Å². The topological polar surface area (TPSA) is 74.6 Å². The Bertz CT molecular complexity index is 222. The summed E-state index contributed by atoms with van der Waals surface area (Å²) in [7, 11) is 0. The second-order valence-electron chi connectivity index (χ2n) is 3.38. The lowest BCUT2D eigenvalue weighted by molar-refractivity contribution is -0.144. The van der Waals surface area contributed by atoms with Gasteiger partial charge in [-0.25, -0.2) is 0 Å². The van der Waals surface area contributed by atoms with Crippen LogP contribution in [-0.4, -0.2) is 22.2 Å². The van der Waals surface area contributed by atoms with Crippen molar-refractivity contribution in [2.45, 2.75) is 26.2 Å². The van der Waals surface area contributed by atoms with Crippen LogP contribution in [0.2, 0.25) is 0 Å². The van der Waals surface area contributed by atoms with Crippen LogP contribution >= 0.6 is 0 Å². The molecule has 0 aliphatic rings. The number of carboxylic acids is 2. The predicted molar refractivity (Wildman–Crippen MR) is 52.0 cm³/mol. The smallest absolute Gasteiger partial charge is 0.307 e. The molecule has 2 atom stereocenters. The highest BCUT2D eigenvalue weighted by Crippen LogP contribution is 2.21. The second kappa shape index (κ2) is 6.18. The van der Waals surface area contributed by atoms with E-state index in [1.165, 1.54) is 0 Å². The van der Waals surface area contributed by atoms with Crippen molar-refractivity contribution in [3.05, 3.63) is 12.7 Å². The third kappa shape index (κ3) is 4.64. The highest BCUT2D eigenvalue weighted by molar-refractivity contribution is 5.71. The van der Waals surface area contributed by atoms with E-state index in [-0.39, 0.29) is 12.3 Å². The minimum absolute atomic E-state index is 0.0160. The fourth-order valence-corrected chi connectivity index (χ4v) is 1.31.